The first-order valence-electron chi connectivity index (χ1n) is 9.99. The molecule has 0 radical (unpaired) electrons. The Kier molecular flexibility index (Phi) is 3.83. The molecule has 3 atom stereocenters. The second-order valence-electron chi connectivity index (χ2n) is 8.04. The Balaban J connectivity index is 1.24. The zero-order valence-corrected chi connectivity index (χ0v) is 16.0. The fourth-order valence-corrected chi connectivity index (χ4v) is 4.66. The summed E-state index contributed by atoms with van der Waals surface area (Å²) in [7, 11) is 0. The van der Waals surface area contributed by atoms with Gasteiger partial charge in [0.15, 0.2) is 0 Å². The zero-order chi connectivity index (χ0) is 20.3. The van der Waals surface area contributed by atoms with Gasteiger partial charge in [0, 0.05) is 30.5 Å². The maximum atomic E-state index is 13.9. The van der Waals surface area contributed by atoms with Crippen LogP contribution < -0.4 is 14.8 Å². The Hall–Kier alpha value is -3.07. The number of halogens is 2. The van der Waals surface area contributed by atoms with E-state index in [4.69, 9.17) is 9.47 Å². The van der Waals surface area contributed by atoms with Crippen molar-refractivity contribution in [2.45, 2.75) is 50.0 Å². The molecule has 154 valence electrons. The van der Waals surface area contributed by atoms with Gasteiger partial charge in [0.2, 0.25) is 11.8 Å². The smallest absolute Gasteiger partial charge is 0.264 e. The van der Waals surface area contributed by atoms with E-state index in [2.05, 4.69) is 20.5 Å². The SMILES string of the molecule is FC1(F)CC2CC(Oc3ccc4c(n3)OCc3cc(-n5nccn5)ccc3-4)CC1N2. The molecule has 2 bridgehead atoms. The summed E-state index contributed by atoms with van der Waals surface area (Å²) in [6.07, 6.45) is 3.69. The first-order valence-corrected chi connectivity index (χ1v) is 9.99. The topological polar surface area (TPSA) is 74.1 Å². The van der Waals surface area contributed by atoms with Gasteiger partial charge in [0.05, 0.1) is 24.1 Å². The van der Waals surface area contributed by atoms with Crippen LogP contribution in [0.4, 0.5) is 8.78 Å². The monoisotopic (exact) mass is 411 g/mol. The molecular formula is C21H19F2N5O2. The minimum atomic E-state index is -2.66. The molecule has 1 aromatic carbocycles. The Morgan fingerprint density at radius 1 is 1.10 bits per heavy atom. The van der Waals surface area contributed by atoms with Crippen molar-refractivity contribution in [1.82, 2.24) is 25.3 Å². The van der Waals surface area contributed by atoms with Crippen molar-refractivity contribution in [3.63, 3.8) is 0 Å². The second-order valence-corrected chi connectivity index (χ2v) is 8.04. The molecule has 0 aliphatic carbocycles. The van der Waals surface area contributed by atoms with Crippen LogP contribution >= 0.6 is 0 Å². The van der Waals surface area contributed by atoms with Crippen LogP contribution in [0.3, 0.4) is 0 Å². The Bertz CT molecular complexity index is 1100. The van der Waals surface area contributed by atoms with Crippen molar-refractivity contribution < 1.29 is 18.3 Å². The normalized spacial score (nSPS) is 25.9. The van der Waals surface area contributed by atoms with Crippen LogP contribution in [0.1, 0.15) is 24.8 Å². The molecule has 2 fully saturated rings. The van der Waals surface area contributed by atoms with Gasteiger partial charge in [-0.1, -0.05) is 6.07 Å². The van der Waals surface area contributed by atoms with E-state index in [1.165, 1.54) is 0 Å². The van der Waals surface area contributed by atoms with E-state index in [9.17, 15) is 8.78 Å². The van der Waals surface area contributed by atoms with Gasteiger partial charge in [0.1, 0.15) is 12.7 Å². The van der Waals surface area contributed by atoms with Crippen molar-refractivity contribution in [2.24, 2.45) is 0 Å². The second kappa shape index (κ2) is 6.46. The lowest BCUT2D eigenvalue weighted by Crippen LogP contribution is -2.46. The third-order valence-electron chi connectivity index (χ3n) is 6.03. The van der Waals surface area contributed by atoms with Gasteiger partial charge in [-0.15, -0.1) is 0 Å². The van der Waals surface area contributed by atoms with Gasteiger partial charge in [-0.3, -0.25) is 0 Å². The number of fused-ring (bicyclic) bond motifs is 5. The first kappa shape index (κ1) is 17.8. The maximum Gasteiger partial charge on any atom is 0.264 e. The summed E-state index contributed by atoms with van der Waals surface area (Å²) in [5.41, 5.74) is 3.78. The number of hydrogen-bond donors (Lipinski definition) is 1. The fraction of sp³-hybridized carbons (Fsp3) is 0.381. The van der Waals surface area contributed by atoms with Crippen molar-refractivity contribution >= 4 is 0 Å². The highest BCUT2D eigenvalue weighted by atomic mass is 19.3. The summed E-state index contributed by atoms with van der Waals surface area (Å²) in [4.78, 5) is 6.06. The fourth-order valence-electron chi connectivity index (χ4n) is 4.66. The summed E-state index contributed by atoms with van der Waals surface area (Å²) in [5, 5.41) is 11.3. The molecule has 0 saturated carbocycles. The number of ether oxygens (including phenoxy) is 2. The molecule has 3 aliphatic rings. The van der Waals surface area contributed by atoms with E-state index in [-0.39, 0.29) is 25.0 Å². The lowest BCUT2D eigenvalue weighted by molar-refractivity contribution is -0.0195. The molecule has 6 rings (SSSR count). The molecule has 3 aliphatic heterocycles. The third kappa shape index (κ3) is 2.92. The molecule has 2 aromatic heterocycles. The van der Waals surface area contributed by atoms with Crippen LogP contribution in [0.15, 0.2) is 42.7 Å². The third-order valence-corrected chi connectivity index (χ3v) is 6.03. The molecule has 3 unspecified atom stereocenters. The molecule has 0 spiro atoms. The Morgan fingerprint density at radius 2 is 1.93 bits per heavy atom. The number of nitrogens with zero attached hydrogens (tertiary/aromatic N) is 4. The van der Waals surface area contributed by atoms with E-state index >= 15 is 0 Å². The molecule has 30 heavy (non-hydrogen) atoms. The highest BCUT2D eigenvalue weighted by molar-refractivity contribution is 5.74. The predicted octanol–water partition coefficient (Wildman–Crippen LogP) is 3.13. The standard InChI is InChI=1S/C21H19F2N5O2/c22-21(23)10-13-8-15(9-18(21)26-13)30-19-4-3-17-16-2-1-14(28-24-5-6-25-28)7-12(16)11-29-20(17)27-19/h1-7,13,15,18,26H,8-11H2. The quantitative estimate of drug-likeness (QED) is 0.714. The Morgan fingerprint density at radius 3 is 2.77 bits per heavy atom. The van der Waals surface area contributed by atoms with Gasteiger partial charge < -0.3 is 14.8 Å². The molecule has 1 N–H and O–H groups in total. The number of piperidine rings is 1. The molecule has 9 heteroatoms. The van der Waals surface area contributed by atoms with Gasteiger partial charge in [0.25, 0.3) is 5.92 Å². The van der Waals surface area contributed by atoms with E-state index in [0.717, 1.165) is 22.4 Å². The summed E-state index contributed by atoms with van der Waals surface area (Å²) in [6, 6.07) is 8.61. The van der Waals surface area contributed by atoms with Crippen molar-refractivity contribution in [3.05, 3.63) is 48.3 Å². The van der Waals surface area contributed by atoms with Gasteiger partial charge >= 0.3 is 0 Å². The van der Waals surface area contributed by atoms with Crippen molar-refractivity contribution in [2.75, 3.05) is 0 Å². The van der Waals surface area contributed by atoms with Crippen LogP contribution in [0, 0.1) is 0 Å². The molecule has 5 heterocycles. The minimum absolute atomic E-state index is 0.120. The summed E-state index contributed by atoms with van der Waals surface area (Å²) in [6.45, 7) is 0.373. The predicted molar refractivity (Wildman–Crippen MR) is 103 cm³/mol. The van der Waals surface area contributed by atoms with E-state index in [1.54, 1.807) is 23.3 Å². The zero-order valence-electron chi connectivity index (χ0n) is 16.0. The lowest BCUT2D eigenvalue weighted by Gasteiger charge is -2.30. The first-order chi connectivity index (χ1) is 14.5. The van der Waals surface area contributed by atoms with Gasteiger partial charge in [-0.25, -0.2) is 8.78 Å². The van der Waals surface area contributed by atoms with Crippen molar-refractivity contribution in [1.29, 1.82) is 0 Å². The Labute approximate surface area is 171 Å². The number of rotatable bonds is 3. The molecule has 0 amide bonds. The van der Waals surface area contributed by atoms with E-state index in [0.29, 0.717) is 24.8 Å². The van der Waals surface area contributed by atoms with Crippen LogP contribution in [-0.2, 0) is 6.61 Å². The number of alkyl halides is 2. The largest absolute Gasteiger partial charge is 0.474 e. The number of pyridine rings is 1. The molecular weight excluding hydrogens is 392 g/mol. The van der Waals surface area contributed by atoms with Crippen molar-refractivity contribution in [3.8, 4) is 28.6 Å². The summed E-state index contributed by atoms with van der Waals surface area (Å²) in [5.74, 6) is -1.76. The summed E-state index contributed by atoms with van der Waals surface area (Å²) < 4.78 is 39.7. The van der Waals surface area contributed by atoms with Gasteiger partial charge in [-0.2, -0.15) is 20.0 Å². The summed E-state index contributed by atoms with van der Waals surface area (Å²) >= 11 is 0. The maximum absolute atomic E-state index is 13.9. The van der Waals surface area contributed by atoms with E-state index in [1.807, 2.05) is 24.3 Å². The average Bonchev–Trinajstić information content (AvgIpc) is 3.34. The number of aromatic nitrogens is 4. The van der Waals surface area contributed by atoms with E-state index < -0.39 is 12.0 Å². The molecule has 7 nitrogen and oxygen atoms in total. The van der Waals surface area contributed by atoms with Crippen LogP contribution in [-0.4, -0.2) is 44.1 Å². The highest BCUT2D eigenvalue weighted by Gasteiger charge is 2.53. The van der Waals surface area contributed by atoms with Crippen LogP contribution in [0.5, 0.6) is 11.8 Å². The number of benzene rings is 1. The molecule has 2 saturated heterocycles. The van der Waals surface area contributed by atoms with Crippen LogP contribution in [0.25, 0.3) is 16.8 Å². The van der Waals surface area contributed by atoms with Gasteiger partial charge in [-0.05, 0) is 35.7 Å². The number of nitrogens with one attached hydrogen (secondary N) is 1. The lowest BCUT2D eigenvalue weighted by atomic mass is 9.98. The molecule has 3 aromatic rings. The highest BCUT2D eigenvalue weighted by Crippen LogP contribution is 2.41. The van der Waals surface area contributed by atoms with Crippen LogP contribution in [0.2, 0.25) is 0 Å². The average molecular weight is 411 g/mol. The number of hydrogen-bond acceptors (Lipinski definition) is 6. The minimum Gasteiger partial charge on any atom is -0.474 e.